The summed E-state index contributed by atoms with van der Waals surface area (Å²) in [5.41, 5.74) is 7.42. The van der Waals surface area contributed by atoms with Gasteiger partial charge in [-0.05, 0) is 44.0 Å². The zero-order valence-corrected chi connectivity index (χ0v) is 11.6. The van der Waals surface area contributed by atoms with Crippen molar-refractivity contribution >= 4 is 11.6 Å². The number of carbonyl (C=O) groups excluding carboxylic acids is 1. The molecule has 4 nitrogen and oxygen atoms in total. The van der Waals surface area contributed by atoms with E-state index in [4.69, 9.17) is 10.5 Å². The first-order chi connectivity index (χ1) is 9.02. The fraction of sp³-hybridized carbons (Fsp3) is 0.400. The van der Waals surface area contributed by atoms with E-state index in [9.17, 15) is 4.79 Å². The predicted molar refractivity (Wildman–Crippen MR) is 78.1 cm³/mol. The quantitative estimate of drug-likeness (QED) is 0.585. The Morgan fingerprint density at radius 2 is 2.26 bits per heavy atom. The van der Waals surface area contributed by atoms with E-state index in [1.54, 1.807) is 12.1 Å². The molecule has 3 N–H and O–H groups in total. The molecule has 0 radical (unpaired) electrons. The van der Waals surface area contributed by atoms with Gasteiger partial charge in [-0.25, -0.2) is 0 Å². The van der Waals surface area contributed by atoms with Crippen LogP contribution in [0.5, 0.6) is 5.75 Å². The Kier molecular flexibility index (Phi) is 5.93. The van der Waals surface area contributed by atoms with Crippen LogP contribution in [0.4, 0.5) is 5.69 Å². The van der Waals surface area contributed by atoms with Crippen molar-refractivity contribution in [3.05, 3.63) is 36.4 Å². The molecule has 19 heavy (non-hydrogen) atoms. The summed E-state index contributed by atoms with van der Waals surface area (Å²) in [5, 5.41) is 2.82. The number of anilines is 1. The van der Waals surface area contributed by atoms with Crippen molar-refractivity contribution in [2.45, 2.75) is 32.7 Å². The highest BCUT2D eigenvalue weighted by molar-refractivity contribution is 5.76. The second-order valence-electron chi connectivity index (χ2n) is 4.68. The minimum atomic E-state index is -0.00397. The molecule has 0 aliphatic rings. The summed E-state index contributed by atoms with van der Waals surface area (Å²) in [6.45, 7) is 7.92. The number of nitrogen functional groups attached to an aromatic ring is 1. The summed E-state index contributed by atoms with van der Waals surface area (Å²) in [4.78, 5) is 11.5. The lowest BCUT2D eigenvalue weighted by Crippen LogP contribution is -2.31. The monoisotopic (exact) mass is 262 g/mol. The number of hydrogen-bond donors (Lipinski definition) is 2. The van der Waals surface area contributed by atoms with Crippen molar-refractivity contribution in [3.63, 3.8) is 0 Å². The van der Waals surface area contributed by atoms with Crippen LogP contribution in [0, 0.1) is 0 Å². The number of carbonyl (C=O) groups is 1. The van der Waals surface area contributed by atoms with E-state index in [2.05, 4.69) is 11.9 Å². The van der Waals surface area contributed by atoms with Gasteiger partial charge in [-0.1, -0.05) is 6.08 Å². The van der Waals surface area contributed by atoms with Gasteiger partial charge in [-0.3, -0.25) is 4.79 Å². The summed E-state index contributed by atoms with van der Waals surface area (Å²) >= 11 is 0. The fourth-order valence-corrected chi connectivity index (χ4v) is 1.70. The molecular formula is C15H22N2O2. The van der Waals surface area contributed by atoms with Crippen LogP contribution in [0.1, 0.15) is 25.8 Å². The van der Waals surface area contributed by atoms with Crippen molar-refractivity contribution in [2.75, 3.05) is 12.3 Å². The molecule has 1 aromatic carbocycles. The molecular weight excluding hydrogens is 240 g/mol. The number of allylic oxidation sites excluding steroid dienone is 1. The van der Waals surface area contributed by atoms with E-state index in [1.807, 2.05) is 26.0 Å². The highest BCUT2D eigenvalue weighted by Gasteiger charge is 2.06. The topological polar surface area (TPSA) is 64.3 Å². The number of nitrogens with two attached hydrogens (primary N) is 1. The van der Waals surface area contributed by atoms with Crippen LogP contribution in [0.15, 0.2) is 30.9 Å². The SMILES string of the molecule is C=CCc1cc(N)ccc1OCCC(=O)NC(C)C. The normalized spacial score (nSPS) is 10.3. The van der Waals surface area contributed by atoms with Crippen LogP contribution >= 0.6 is 0 Å². The molecule has 0 heterocycles. The summed E-state index contributed by atoms with van der Waals surface area (Å²) in [5.74, 6) is 0.752. The summed E-state index contributed by atoms with van der Waals surface area (Å²) in [7, 11) is 0. The van der Waals surface area contributed by atoms with Crippen molar-refractivity contribution < 1.29 is 9.53 Å². The van der Waals surface area contributed by atoms with E-state index in [0.29, 0.717) is 25.1 Å². The molecule has 1 aromatic rings. The second kappa shape index (κ2) is 7.46. The molecule has 0 saturated heterocycles. The fourth-order valence-electron chi connectivity index (χ4n) is 1.70. The van der Waals surface area contributed by atoms with E-state index >= 15 is 0 Å². The van der Waals surface area contributed by atoms with Crippen LogP contribution in [-0.2, 0) is 11.2 Å². The van der Waals surface area contributed by atoms with Crippen LogP contribution in [0.2, 0.25) is 0 Å². The molecule has 0 atom stereocenters. The average molecular weight is 262 g/mol. The molecule has 104 valence electrons. The summed E-state index contributed by atoms with van der Waals surface area (Å²) in [6.07, 6.45) is 2.84. The van der Waals surface area contributed by atoms with Crippen LogP contribution < -0.4 is 15.8 Å². The van der Waals surface area contributed by atoms with E-state index < -0.39 is 0 Å². The molecule has 1 rings (SSSR count). The molecule has 0 unspecified atom stereocenters. The van der Waals surface area contributed by atoms with Gasteiger partial charge < -0.3 is 15.8 Å². The van der Waals surface area contributed by atoms with Gasteiger partial charge in [0, 0.05) is 11.7 Å². The molecule has 0 aromatic heterocycles. The highest BCUT2D eigenvalue weighted by atomic mass is 16.5. The lowest BCUT2D eigenvalue weighted by atomic mass is 10.1. The van der Waals surface area contributed by atoms with Gasteiger partial charge in [0.05, 0.1) is 13.0 Å². The number of amides is 1. The van der Waals surface area contributed by atoms with Gasteiger partial charge in [-0.15, -0.1) is 6.58 Å². The smallest absolute Gasteiger partial charge is 0.223 e. The largest absolute Gasteiger partial charge is 0.493 e. The highest BCUT2D eigenvalue weighted by Crippen LogP contribution is 2.22. The van der Waals surface area contributed by atoms with Gasteiger partial charge in [0.25, 0.3) is 0 Å². The molecule has 0 fully saturated rings. The van der Waals surface area contributed by atoms with Gasteiger partial charge in [0.2, 0.25) is 5.91 Å². The summed E-state index contributed by atoms with van der Waals surface area (Å²) in [6, 6.07) is 5.64. The van der Waals surface area contributed by atoms with Crippen molar-refractivity contribution in [1.29, 1.82) is 0 Å². The third kappa shape index (κ3) is 5.46. The van der Waals surface area contributed by atoms with Crippen LogP contribution in [-0.4, -0.2) is 18.6 Å². The Hall–Kier alpha value is -1.97. The maximum atomic E-state index is 11.5. The van der Waals surface area contributed by atoms with E-state index in [0.717, 1.165) is 11.3 Å². The van der Waals surface area contributed by atoms with Gasteiger partial charge in [-0.2, -0.15) is 0 Å². The van der Waals surface area contributed by atoms with Gasteiger partial charge in [0.15, 0.2) is 0 Å². The first kappa shape index (κ1) is 15.1. The first-order valence-corrected chi connectivity index (χ1v) is 6.44. The maximum Gasteiger partial charge on any atom is 0.223 e. The zero-order valence-electron chi connectivity index (χ0n) is 11.6. The van der Waals surface area contributed by atoms with Gasteiger partial charge in [0.1, 0.15) is 5.75 Å². The molecule has 0 aliphatic heterocycles. The predicted octanol–water partition coefficient (Wildman–Crippen LogP) is 2.29. The number of benzene rings is 1. The van der Waals surface area contributed by atoms with Crippen LogP contribution in [0.25, 0.3) is 0 Å². The summed E-state index contributed by atoms with van der Waals surface area (Å²) < 4.78 is 5.63. The third-order valence-corrected chi connectivity index (χ3v) is 2.49. The van der Waals surface area contributed by atoms with Gasteiger partial charge >= 0.3 is 0 Å². The second-order valence-corrected chi connectivity index (χ2v) is 4.68. The molecule has 0 saturated carbocycles. The average Bonchev–Trinajstić information content (AvgIpc) is 2.31. The zero-order chi connectivity index (χ0) is 14.3. The van der Waals surface area contributed by atoms with Crippen molar-refractivity contribution in [1.82, 2.24) is 5.32 Å². The van der Waals surface area contributed by atoms with Crippen molar-refractivity contribution in [3.8, 4) is 5.75 Å². The first-order valence-electron chi connectivity index (χ1n) is 6.44. The minimum absolute atomic E-state index is 0.00397. The number of hydrogen-bond acceptors (Lipinski definition) is 3. The Balaban J connectivity index is 2.53. The lowest BCUT2D eigenvalue weighted by Gasteiger charge is -2.12. The Labute approximate surface area is 114 Å². The molecule has 4 heteroatoms. The Morgan fingerprint density at radius 3 is 2.89 bits per heavy atom. The third-order valence-electron chi connectivity index (χ3n) is 2.49. The maximum absolute atomic E-state index is 11.5. The van der Waals surface area contributed by atoms with E-state index in [1.165, 1.54) is 0 Å². The molecule has 0 bridgehead atoms. The minimum Gasteiger partial charge on any atom is -0.493 e. The number of nitrogens with one attached hydrogen (secondary N) is 1. The van der Waals surface area contributed by atoms with E-state index in [-0.39, 0.29) is 11.9 Å². The number of rotatable bonds is 7. The molecule has 0 spiro atoms. The number of ether oxygens (including phenoxy) is 1. The van der Waals surface area contributed by atoms with Crippen molar-refractivity contribution in [2.24, 2.45) is 0 Å². The Bertz CT molecular complexity index is 442. The standard InChI is InChI=1S/C15H22N2O2/c1-4-5-12-10-13(16)6-7-14(12)19-9-8-15(18)17-11(2)3/h4,6-7,10-11H,1,5,8-9,16H2,2-3H3,(H,17,18). The van der Waals surface area contributed by atoms with Crippen LogP contribution in [0.3, 0.4) is 0 Å². The Morgan fingerprint density at radius 1 is 1.53 bits per heavy atom. The molecule has 1 amide bonds. The molecule has 0 aliphatic carbocycles. The lowest BCUT2D eigenvalue weighted by molar-refractivity contribution is -0.122.